The van der Waals surface area contributed by atoms with Gasteiger partial charge in [-0.25, -0.2) is 0 Å². The second-order valence-corrected chi connectivity index (χ2v) is 7.01. The van der Waals surface area contributed by atoms with Gasteiger partial charge in [0.2, 0.25) is 0 Å². The number of nitro benzene ring substituents is 1. The molecular formula is C14H20N2O2S. The van der Waals surface area contributed by atoms with Crippen molar-refractivity contribution in [3.8, 4) is 0 Å². The molecule has 0 radical (unpaired) electrons. The molecule has 1 aromatic rings. The number of rotatable bonds is 5. The Morgan fingerprint density at radius 3 is 2.95 bits per heavy atom. The zero-order chi connectivity index (χ0) is 13.9. The SMILES string of the molecule is Cc1c(CNCC2(C)CCCS2)cccc1[N+](=O)[O-]. The molecule has 0 saturated carbocycles. The number of benzene rings is 1. The van der Waals surface area contributed by atoms with Crippen molar-refractivity contribution in [3.63, 3.8) is 0 Å². The lowest BCUT2D eigenvalue weighted by Gasteiger charge is -2.23. The highest BCUT2D eigenvalue weighted by Crippen LogP contribution is 2.37. The molecule has 1 aromatic carbocycles. The highest BCUT2D eigenvalue weighted by molar-refractivity contribution is 8.00. The van der Waals surface area contributed by atoms with E-state index in [0.717, 1.165) is 17.7 Å². The Kier molecular flexibility index (Phi) is 4.47. The molecule has 1 heterocycles. The van der Waals surface area contributed by atoms with Gasteiger partial charge in [-0.3, -0.25) is 10.1 Å². The standard InChI is InChI=1S/C14H20N2O2S/c1-11-12(5-3-6-13(11)16(17)18)9-15-10-14(2)7-4-8-19-14/h3,5-6,15H,4,7-10H2,1-2H3. The van der Waals surface area contributed by atoms with Crippen LogP contribution in [0.3, 0.4) is 0 Å². The largest absolute Gasteiger partial charge is 0.311 e. The third-order valence-corrected chi connectivity index (χ3v) is 5.27. The van der Waals surface area contributed by atoms with Crippen LogP contribution in [0, 0.1) is 17.0 Å². The number of nitrogens with one attached hydrogen (secondary N) is 1. The van der Waals surface area contributed by atoms with Crippen LogP contribution in [0.25, 0.3) is 0 Å². The lowest BCUT2D eigenvalue weighted by atomic mass is 10.0. The highest BCUT2D eigenvalue weighted by atomic mass is 32.2. The third-order valence-electron chi connectivity index (χ3n) is 3.73. The lowest BCUT2D eigenvalue weighted by molar-refractivity contribution is -0.385. The maximum absolute atomic E-state index is 10.9. The van der Waals surface area contributed by atoms with Gasteiger partial charge >= 0.3 is 0 Å². The minimum atomic E-state index is -0.313. The molecule has 1 fully saturated rings. The number of hydrogen-bond acceptors (Lipinski definition) is 4. The van der Waals surface area contributed by atoms with E-state index in [1.165, 1.54) is 18.6 Å². The molecule has 1 unspecified atom stereocenters. The van der Waals surface area contributed by atoms with E-state index in [1.807, 2.05) is 24.8 Å². The molecule has 5 heteroatoms. The fourth-order valence-corrected chi connectivity index (χ4v) is 3.77. The van der Waals surface area contributed by atoms with Crippen LogP contribution < -0.4 is 5.32 Å². The van der Waals surface area contributed by atoms with E-state index in [1.54, 1.807) is 12.1 Å². The van der Waals surface area contributed by atoms with Gasteiger partial charge in [0.1, 0.15) is 0 Å². The van der Waals surface area contributed by atoms with E-state index < -0.39 is 0 Å². The van der Waals surface area contributed by atoms with Crippen LogP contribution in [0.5, 0.6) is 0 Å². The number of hydrogen-bond donors (Lipinski definition) is 1. The average molecular weight is 280 g/mol. The van der Waals surface area contributed by atoms with Gasteiger partial charge in [0.15, 0.2) is 0 Å². The van der Waals surface area contributed by atoms with Gasteiger partial charge in [-0.15, -0.1) is 0 Å². The third kappa shape index (κ3) is 3.48. The van der Waals surface area contributed by atoms with Crippen molar-refractivity contribution in [1.29, 1.82) is 0 Å². The normalized spacial score (nSPS) is 22.6. The molecule has 4 nitrogen and oxygen atoms in total. The summed E-state index contributed by atoms with van der Waals surface area (Å²) >= 11 is 2.02. The first-order chi connectivity index (χ1) is 9.02. The number of thioether (sulfide) groups is 1. The van der Waals surface area contributed by atoms with Crippen molar-refractivity contribution in [2.24, 2.45) is 0 Å². The first kappa shape index (κ1) is 14.3. The molecular weight excluding hydrogens is 260 g/mol. The minimum absolute atomic E-state index is 0.209. The molecule has 1 aliphatic rings. The zero-order valence-electron chi connectivity index (χ0n) is 11.4. The summed E-state index contributed by atoms with van der Waals surface area (Å²) in [4.78, 5) is 10.6. The Morgan fingerprint density at radius 2 is 2.32 bits per heavy atom. The van der Waals surface area contributed by atoms with Gasteiger partial charge in [-0.05, 0) is 38.0 Å². The quantitative estimate of drug-likeness (QED) is 0.664. The Hall–Kier alpha value is -1.07. The molecule has 0 aromatic heterocycles. The summed E-state index contributed by atoms with van der Waals surface area (Å²) in [5, 5.41) is 14.3. The van der Waals surface area contributed by atoms with Crippen LogP contribution >= 0.6 is 11.8 Å². The van der Waals surface area contributed by atoms with Crippen molar-refractivity contribution in [2.45, 2.75) is 38.0 Å². The van der Waals surface area contributed by atoms with Crippen molar-refractivity contribution in [1.82, 2.24) is 5.32 Å². The van der Waals surface area contributed by atoms with Crippen LogP contribution in [-0.2, 0) is 6.54 Å². The van der Waals surface area contributed by atoms with E-state index in [-0.39, 0.29) is 10.6 Å². The molecule has 0 bridgehead atoms. The predicted molar refractivity (Wildman–Crippen MR) is 79.6 cm³/mol. The van der Waals surface area contributed by atoms with E-state index in [2.05, 4.69) is 12.2 Å². The molecule has 19 heavy (non-hydrogen) atoms. The maximum atomic E-state index is 10.9. The first-order valence-corrected chi connectivity index (χ1v) is 7.58. The molecule has 0 amide bonds. The van der Waals surface area contributed by atoms with E-state index in [9.17, 15) is 10.1 Å². The van der Waals surface area contributed by atoms with Crippen LogP contribution in [-0.4, -0.2) is 22.0 Å². The van der Waals surface area contributed by atoms with Gasteiger partial charge in [-0.2, -0.15) is 11.8 Å². The molecule has 1 N–H and O–H groups in total. The van der Waals surface area contributed by atoms with Crippen molar-refractivity contribution in [3.05, 3.63) is 39.4 Å². The fourth-order valence-electron chi connectivity index (χ4n) is 2.50. The second kappa shape index (κ2) is 5.92. The number of nitrogens with zero attached hydrogens (tertiary/aromatic N) is 1. The maximum Gasteiger partial charge on any atom is 0.272 e. The summed E-state index contributed by atoms with van der Waals surface area (Å²) in [7, 11) is 0. The summed E-state index contributed by atoms with van der Waals surface area (Å²) < 4.78 is 0.328. The van der Waals surface area contributed by atoms with Gasteiger partial charge in [0.25, 0.3) is 5.69 Å². The van der Waals surface area contributed by atoms with Crippen molar-refractivity contribution < 1.29 is 4.92 Å². The van der Waals surface area contributed by atoms with Crippen molar-refractivity contribution in [2.75, 3.05) is 12.3 Å². The summed E-state index contributed by atoms with van der Waals surface area (Å²) in [6.07, 6.45) is 2.54. The Bertz CT molecular complexity index is 471. The molecule has 1 saturated heterocycles. The summed E-state index contributed by atoms with van der Waals surface area (Å²) in [5.41, 5.74) is 1.99. The lowest BCUT2D eigenvalue weighted by Crippen LogP contribution is -2.32. The first-order valence-electron chi connectivity index (χ1n) is 6.59. The van der Waals surface area contributed by atoms with E-state index in [0.29, 0.717) is 11.3 Å². The highest BCUT2D eigenvalue weighted by Gasteiger charge is 2.28. The molecule has 2 rings (SSSR count). The van der Waals surface area contributed by atoms with Crippen LogP contribution in [0.1, 0.15) is 30.9 Å². The van der Waals surface area contributed by atoms with Gasteiger partial charge in [-0.1, -0.05) is 12.1 Å². The molecule has 104 valence electrons. The van der Waals surface area contributed by atoms with E-state index in [4.69, 9.17) is 0 Å². The fraction of sp³-hybridized carbons (Fsp3) is 0.571. The van der Waals surface area contributed by atoms with Crippen molar-refractivity contribution >= 4 is 17.4 Å². The van der Waals surface area contributed by atoms with Crippen LogP contribution in [0.2, 0.25) is 0 Å². The second-order valence-electron chi connectivity index (χ2n) is 5.32. The van der Waals surface area contributed by atoms with Crippen LogP contribution in [0.15, 0.2) is 18.2 Å². The molecule has 1 aliphatic heterocycles. The summed E-state index contributed by atoms with van der Waals surface area (Å²) in [5.74, 6) is 1.24. The van der Waals surface area contributed by atoms with Crippen LogP contribution in [0.4, 0.5) is 5.69 Å². The number of nitro groups is 1. The van der Waals surface area contributed by atoms with Gasteiger partial charge in [0.05, 0.1) is 4.92 Å². The summed E-state index contributed by atoms with van der Waals surface area (Å²) in [6.45, 7) is 5.77. The Morgan fingerprint density at radius 1 is 1.53 bits per heavy atom. The van der Waals surface area contributed by atoms with E-state index >= 15 is 0 Å². The van der Waals surface area contributed by atoms with Gasteiger partial charge in [0, 0.05) is 29.5 Å². The molecule has 0 aliphatic carbocycles. The monoisotopic (exact) mass is 280 g/mol. The minimum Gasteiger partial charge on any atom is -0.311 e. The predicted octanol–water partition coefficient (Wildman–Crippen LogP) is 3.28. The molecule has 0 spiro atoms. The topological polar surface area (TPSA) is 55.2 Å². The zero-order valence-corrected chi connectivity index (χ0v) is 12.3. The van der Waals surface area contributed by atoms with Gasteiger partial charge < -0.3 is 5.32 Å². The average Bonchev–Trinajstić information content (AvgIpc) is 2.78. The Labute approximate surface area is 118 Å². The molecule has 1 atom stereocenters. The summed E-state index contributed by atoms with van der Waals surface area (Å²) in [6, 6.07) is 5.28. The smallest absolute Gasteiger partial charge is 0.272 e. The Balaban J connectivity index is 1.96.